The van der Waals surface area contributed by atoms with Crippen molar-refractivity contribution in [2.75, 3.05) is 80.0 Å². The molecule has 99 heavy (non-hydrogen) atoms. The summed E-state index contributed by atoms with van der Waals surface area (Å²) in [7, 11) is 8.12. The van der Waals surface area contributed by atoms with Crippen LogP contribution < -0.4 is 26.2 Å². The average molecular weight is 1400 g/mol. The molecule has 3 heterocycles. The average Bonchev–Trinajstić information content (AvgIpc) is 0.810. The molecule has 27 nitrogen and oxygen atoms in total. The lowest BCUT2D eigenvalue weighted by Gasteiger charge is -2.40. The number of esters is 1. The Balaban J connectivity index is 2.34. The highest BCUT2D eigenvalue weighted by molar-refractivity contribution is 5.99. The second-order valence-corrected chi connectivity index (χ2v) is 30.1. The van der Waals surface area contributed by atoms with Gasteiger partial charge in [-0.15, -0.1) is 0 Å². The van der Waals surface area contributed by atoms with Gasteiger partial charge in [0.15, 0.2) is 6.10 Å². The normalized spacial score (nSPS) is 26.0. The van der Waals surface area contributed by atoms with Crippen LogP contribution in [-0.4, -0.2) is 257 Å². The molecule has 2 aliphatic rings. The minimum Gasteiger partial charge on any atom is -0.450 e. The maximum atomic E-state index is 15.4. The molecule has 1 aromatic rings. The topological polar surface area (TPSA) is 330 Å². The Morgan fingerprint density at radius 3 is 1.44 bits per heavy atom. The molecule has 0 bridgehead atoms. The number of aliphatic hydroxyl groups is 2. The zero-order chi connectivity index (χ0) is 75.4. The van der Waals surface area contributed by atoms with Gasteiger partial charge in [-0.3, -0.25) is 47.9 Å². The van der Waals surface area contributed by atoms with Crippen LogP contribution in [0.5, 0.6) is 0 Å². The Kier molecular flexibility index (Phi) is 34.4. The van der Waals surface area contributed by atoms with Gasteiger partial charge < -0.3 is 75.3 Å². The molecule has 13 atom stereocenters. The lowest BCUT2D eigenvalue weighted by molar-refractivity contribution is -0.166. The van der Waals surface area contributed by atoms with E-state index >= 15 is 14.4 Å². The third-order valence-corrected chi connectivity index (χ3v) is 18.2. The van der Waals surface area contributed by atoms with Crippen LogP contribution in [-0.2, 0) is 62.2 Å². The number of carbonyl (C=O) groups is 11. The van der Waals surface area contributed by atoms with E-state index in [0.717, 1.165) is 20.5 Å². The van der Waals surface area contributed by atoms with E-state index in [4.69, 9.17) is 14.5 Å². The van der Waals surface area contributed by atoms with Gasteiger partial charge in [-0.2, -0.15) is 0 Å². The van der Waals surface area contributed by atoms with Gasteiger partial charge in [0.25, 0.3) is 5.91 Å². The third-order valence-electron chi connectivity index (χ3n) is 18.2. The van der Waals surface area contributed by atoms with Crippen LogP contribution in [0.15, 0.2) is 24.3 Å². The first-order valence-corrected chi connectivity index (χ1v) is 35.4. The number of likely N-dealkylation sites (N-methyl/N-ethyl adjacent to an activating group) is 6. The molecule has 0 unspecified atom stereocenters. The van der Waals surface area contributed by atoms with Gasteiger partial charge in [-0.1, -0.05) is 116 Å². The van der Waals surface area contributed by atoms with Gasteiger partial charge in [0.05, 0.1) is 37.7 Å². The number of carbonyl (C=O) groups excluding carboxylic acids is 11. The molecule has 27 heteroatoms. The number of hydrogen-bond acceptors (Lipinski definition) is 17. The molecule has 0 spiro atoms. The molecule has 560 valence electrons. The fourth-order valence-electron chi connectivity index (χ4n) is 12.4. The minimum atomic E-state index is -1.81. The Bertz CT molecular complexity index is 2910. The van der Waals surface area contributed by atoms with Crippen LogP contribution >= 0.6 is 0 Å². The van der Waals surface area contributed by atoms with Crippen molar-refractivity contribution in [3.63, 3.8) is 0 Å². The summed E-state index contributed by atoms with van der Waals surface area (Å²) >= 11 is 0. The van der Waals surface area contributed by atoms with Gasteiger partial charge in [0, 0.05) is 55.4 Å². The van der Waals surface area contributed by atoms with Crippen molar-refractivity contribution in [1.29, 1.82) is 0 Å². The summed E-state index contributed by atoms with van der Waals surface area (Å²) < 4.78 is 11.4. The monoisotopic (exact) mass is 1390 g/mol. The molecule has 0 saturated carbocycles. The van der Waals surface area contributed by atoms with Crippen LogP contribution in [0.25, 0.3) is 6.08 Å². The molecule has 6 N–H and O–H groups in total. The minimum absolute atomic E-state index is 0.0621. The maximum absolute atomic E-state index is 15.4. The number of rotatable bonds is 19. The third kappa shape index (κ3) is 25.1. The van der Waals surface area contributed by atoms with E-state index in [-0.39, 0.29) is 68.1 Å². The number of anilines is 1. The van der Waals surface area contributed by atoms with Gasteiger partial charge >= 0.3 is 5.97 Å². The van der Waals surface area contributed by atoms with Crippen LogP contribution in [0.4, 0.5) is 5.82 Å². The number of nitrogens with zero attached hydrogens (tertiary/aromatic N) is 8. The van der Waals surface area contributed by atoms with Crippen LogP contribution in [0, 0.1) is 47.3 Å². The molecule has 10 amide bonds. The lowest BCUT2D eigenvalue weighted by atomic mass is 9.91. The number of amides is 10. The molecule has 2 saturated heterocycles. The van der Waals surface area contributed by atoms with Crippen molar-refractivity contribution in [1.82, 2.24) is 55.7 Å². The summed E-state index contributed by atoms with van der Waals surface area (Å²) in [6.07, 6.45) is -0.668. The number of aromatic nitrogens is 1. The predicted molar refractivity (Wildman–Crippen MR) is 378 cm³/mol. The molecule has 3 rings (SSSR count). The first-order chi connectivity index (χ1) is 46.0. The van der Waals surface area contributed by atoms with E-state index in [9.17, 15) is 48.6 Å². The SMILES string of the molecule is CC(C)C[C@@H]1C(=O)N[C@H](CC(C)C)C(=O)N(C)[C@H](C(C)C)C(=O)N(C)[C@H]([C@H](O)[C@H](C)CC=Cc2cccc(N3CCOCC3)n2)C(=O)N[C@H]([C@@H](C)O)C(=O)N(C)CC(=O)N(C)[C@@H](CC(C)C)C(=O)N[C@H](CC(C)C)C(=O)N(C)[C@H](CC(C)C)C(=O)N[C@H](C)C(=O)O[C@@H](C(C)C)C(=O)N1C. The quantitative estimate of drug-likeness (QED) is 0.108. The number of allylic oxidation sites excluding steroid dienone is 1. The Morgan fingerprint density at radius 1 is 0.525 bits per heavy atom. The highest BCUT2D eigenvalue weighted by Crippen LogP contribution is 2.26. The number of hydrogen-bond donors (Lipinski definition) is 6. The summed E-state index contributed by atoms with van der Waals surface area (Å²) in [5.74, 6) is -11.2. The predicted octanol–water partition coefficient (Wildman–Crippen LogP) is 3.72. The Morgan fingerprint density at radius 2 is 0.980 bits per heavy atom. The molecular weight excluding hydrogens is 1270 g/mol. The smallest absolute Gasteiger partial charge is 0.329 e. The number of morpholine rings is 1. The van der Waals surface area contributed by atoms with Gasteiger partial charge in [0.2, 0.25) is 53.2 Å². The van der Waals surface area contributed by atoms with Crippen LogP contribution in [0.2, 0.25) is 0 Å². The first kappa shape index (κ1) is 86.0. The highest BCUT2D eigenvalue weighted by atomic mass is 16.6. The standard InChI is InChI=1S/C72H122N12O15/c1-40(2)34-51-67(92)80(20)54(37-43(7)8)63(88)73-48(16)72(97)99-62(46(13)14)71(96)81(21)55(38-44(9)10)65(90)76-52(35-41(3)4)68(93)82(22)59(45(11)12)70(95)83(23)60(61(87)47(15)26-24-27-50-28-25-29-56(74-50)84-30-32-98-33-31-84)66(91)77-58(49(17)85)69(94)78(18)39-57(86)79(19)53(36-42(5)6)64(89)75-51/h24-25,27-29,40-49,51-55,58-62,85,87H,26,30-39H2,1-23H3,(H,73,88)(H,75,89)(H,76,90)(H,77,91)/t47-,48-,49-,51-,52-,53+,54-,55-,58-,59-,60-,61-,62+/m1/s1. The van der Waals surface area contributed by atoms with Crippen molar-refractivity contribution < 1.29 is 72.4 Å². The van der Waals surface area contributed by atoms with E-state index in [1.165, 1.54) is 70.8 Å². The Labute approximate surface area is 589 Å². The van der Waals surface area contributed by atoms with E-state index in [0.29, 0.717) is 32.0 Å². The van der Waals surface area contributed by atoms with Gasteiger partial charge in [0.1, 0.15) is 60.2 Å². The van der Waals surface area contributed by atoms with Crippen LogP contribution in [0.1, 0.15) is 162 Å². The molecule has 0 aliphatic carbocycles. The van der Waals surface area contributed by atoms with Crippen molar-refractivity contribution >= 4 is 76.9 Å². The molecule has 2 aliphatic heterocycles. The molecule has 0 radical (unpaired) electrons. The van der Waals surface area contributed by atoms with E-state index in [1.54, 1.807) is 46.8 Å². The molecular formula is C72H122N12O15. The van der Waals surface area contributed by atoms with E-state index in [1.807, 2.05) is 87.4 Å². The maximum Gasteiger partial charge on any atom is 0.329 e. The number of nitrogens with one attached hydrogen (secondary N) is 4. The van der Waals surface area contributed by atoms with Crippen LogP contribution in [0.3, 0.4) is 0 Å². The second kappa shape index (κ2) is 39.7. The van der Waals surface area contributed by atoms with E-state index < -0.39 is 162 Å². The zero-order valence-corrected chi connectivity index (χ0v) is 63.5. The van der Waals surface area contributed by atoms with Crippen molar-refractivity contribution in [2.24, 2.45) is 47.3 Å². The van der Waals surface area contributed by atoms with Crippen molar-refractivity contribution in [3.05, 3.63) is 30.0 Å². The Hall–Kier alpha value is -7.26. The summed E-state index contributed by atoms with van der Waals surface area (Å²) in [4.78, 5) is 176. The number of cyclic esters (lactones) is 1. The summed E-state index contributed by atoms with van der Waals surface area (Å²) in [5.41, 5.74) is 0.615. The summed E-state index contributed by atoms with van der Waals surface area (Å²) in [5, 5.41) is 35.0. The second-order valence-electron chi connectivity index (χ2n) is 30.1. The zero-order valence-electron chi connectivity index (χ0n) is 63.5. The van der Waals surface area contributed by atoms with Gasteiger partial charge in [-0.25, -0.2) is 9.78 Å². The fourth-order valence-corrected chi connectivity index (χ4v) is 12.4. The van der Waals surface area contributed by atoms with Crippen molar-refractivity contribution in [3.8, 4) is 0 Å². The molecule has 2 fully saturated rings. The number of pyridine rings is 1. The number of ether oxygens (including phenoxy) is 2. The largest absolute Gasteiger partial charge is 0.450 e. The first-order valence-electron chi connectivity index (χ1n) is 35.4. The van der Waals surface area contributed by atoms with Gasteiger partial charge in [-0.05, 0) is 118 Å². The molecule has 1 aromatic heterocycles. The van der Waals surface area contributed by atoms with E-state index in [2.05, 4.69) is 26.2 Å². The highest BCUT2D eigenvalue weighted by Gasteiger charge is 2.46. The molecule has 0 aromatic carbocycles. The summed E-state index contributed by atoms with van der Waals surface area (Å²) in [6.45, 7) is 31.1. The summed E-state index contributed by atoms with van der Waals surface area (Å²) in [6, 6.07) is -6.92. The van der Waals surface area contributed by atoms with Crippen molar-refractivity contribution in [2.45, 2.75) is 229 Å². The number of aliphatic hydroxyl groups excluding tert-OH is 2. The lowest BCUT2D eigenvalue weighted by Crippen LogP contribution is -2.64. The fraction of sp³-hybridized carbons (Fsp3) is 0.750.